The Morgan fingerprint density at radius 1 is 1.03 bits per heavy atom. The standard InChI is InChI=1S/C22H26N4O3/c1-15(26-21(28)14-18-4-3-5-20(18)23-26)22(29)25-12-10-24(11-13-25)19-8-6-17(7-9-19)16(2)27/h6-9,14-15H,3-5,10-13H2,1-2H3/t15-/m0/s1. The van der Waals surface area contributed by atoms with Gasteiger partial charge in [-0.05, 0) is 62.9 Å². The third-order valence-corrected chi connectivity index (χ3v) is 5.94. The predicted octanol–water partition coefficient (Wildman–Crippen LogP) is 1.84. The van der Waals surface area contributed by atoms with Crippen molar-refractivity contribution in [2.75, 3.05) is 31.1 Å². The summed E-state index contributed by atoms with van der Waals surface area (Å²) in [4.78, 5) is 40.9. The van der Waals surface area contributed by atoms with Gasteiger partial charge in [0.2, 0.25) is 5.91 Å². The number of fused-ring (bicyclic) bond motifs is 1. The smallest absolute Gasteiger partial charge is 0.267 e. The number of nitrogens with zero attached hydrogens (tertiary/aromatic N) is 4. The molecular formula is C22H26N4O3. The van der Waals surface area contributed by atoms with Gasteiger partial charge in [-0.25, -0.2) is 4.68 Å². The van der Waals surface area contributed by atoms with Gasteiger partial charge in [0.15, 0.2) is 5.78 Å². The summed E-state index contributed by atoms with van der Waals surface area (Å²) in [6.07, 6.45) is 2.79. The Morgan fingerprint density at radius 2 is 1.72 bits per heavy atom. The second kappa shape index (κ2) is 7.81. The lowest BCUT2D eigenvalue weighted by Gasteiger charge is -2.37. The first-order valence-electron chi connectivity index (χ1n) is 10.2. The molecule has 1 aliphatic heterocycles. The third kappa shape index (κ3) is 3.81. The number of benzene rings is 1. The number of rotatable bonds is 4. The second-order valence-corrected chi connectivity index (χ2v) is 7.84. The molecule has 29 heavy (non-hydrogen) atoms. The average Bonchev–Trinajstić information content (AvgIpc) is 3.19. The van der Waals surface area contributed by atoms with Gasteiger partial charge in [0.1, 0.15) is 6.04 Å². The van der Waals surface area contributed by atoms with Crippen LogP contribution in [0.4, 0.5) is 5.69 Å². The van der Waals surface area contributed by atoms with Crippen LogP contribution in [0.25, 0.3) is 0 Å². The molecule has 1 saturated heterocycles. The van der Waals surface area contributed by atoms with Crippen LogP contribution in [0.3, 0.4) is 0 Å². The zero-order valence-corrected chi connectivity index (χ0v) is 16.9. The molecule has 0 N–H and O–H groups in total. The van der Waals surface area contributed by atoms with E-state index in [1.54, 1.807) is 19.9 Å². The van der Waals surface area contributed by atoms with Crippen LogP contribution in [0, 0.1) is 0 Å². The molecule has 152 valence electrons. The molecule has 7 heteroatoms. The summed E-state index contributed by atoms with van der Waals surface area (Å²) in [5.41, 5.74) is 3.52. The van der Waals surface area contributed by atoms with Crippen molar-refractivity contribution >= 4 is 17.4 Å². The van der Waals surface area contributed by atoms with Gasteiger partial charge >= 0.3 is 0 Å². The molecule has 1 aromatic heterocycles. The lowest BCUT2D eigenvalue weighted by molar-refractivity contribution is -0.135. The molecule has 1 amide bonds. The van der Waals surface area contributed by atoms with Gasteiger partial charge < -0.3 is 9.80 Å². The average molecular weight is 394 g/mol. The molecule has 1 aliphatic carbocycles. The summed E-state index contributed by atoms with van der Waals surface area (Å²) in [6, 6.07) is 8.61. The summed E-state index contributed by atoms with van der Waals surface area (Å²) >= 11 is 0. The summed E-state index contributed by atoms with van der Waals surface area (Å²) < 4.78 is 1.35. The number of Topliss-reactive ketones (excluding diaryl/α,β-unsaturated/α-hetero) is 1. The van der Waals surface area contributed by atoms with Gasteiger partial charge in [-0.1, -0.05) is 0 Å². The fourth-order valence-electron chi connectivity index (χ4n) is 4.15. The molecular weight excluding hydrogens is 368 g/mol. The summed E-state index contributed by atoms with van der Waals surface area (Å²) in [5, 5.41) is 4.47. The van der Waals surface area contributed by atoms with Gasteiger partial charge in [0, 0.05) is 43.5 Å². The first-order valence-corrected chi connectivity index (χ1v) is 10.2. The van der Waals surface area contributed by atoms with E-state index in [2.05, 4.69) is 10.00 Å². The lowest BCUT2D eigenvalue weighted by atomic mass is 10.1. The molecule has 0 saturated carbocycles. The fourth-order valence-corrected chi connectivity index (χ4v) is 4.15. The minimum atomic E-state index is -0.602. The Morgan fingerprint density at radius 3 is 2.38 bits per heavy atom. The molecule has 7 nitrogen and oxygen atoms in total. The Kier molecular flexibility index (Phi) is 5.22. The van der Waals surface area contributed by atoms with E-state index >= 15 is 0 Å². The van der Waals surface area contributed by atoms with Crippen LogP contribution in [0.2, 0.25) is 0 Å². The Balaban J connectivity index is 1.41. The summed E-state index contributed by atoms with van der Waals surface area (Å²) in [5.74, 6) is -0.0134. The second-order valence-electron chi connectivity index (χ2n) is 7.84. The number of hydrogen-bond acceptors (Lipinski definition) is 5. The van der Waals surface area contributed by atoms with Crippen molar-refractivity contribution in [1.29, 1.82) is 0 Å². The largest absolute Gasteiger partial charge is 0.368 e. The molecule has 1 fully saturated rings. The Labute approximate surface area is 169 Å². The molecule has 0 spiro atoms. The van der Waals surface area contributed by atoms with Crippen molar-refractivity contribution in [3.8, 4) is 0 Å². The van der Waals surface area contributed by atoms with Crippen molar-refractivity contribution in [3.63, 3.8) is 0 Å². The summed E-state index contributed by atoms with van der Waals surface area (Å²) in [7, 11) is 0. The van der Waals surface area contributed by atoms with E-state index in [4.69, 9.17) is 0 Å². The highest BCUT2D eigenvalue weighted by atomic mass is 16.2. The number of hydrogen-bond donors (Lipinski definition) is 0. The van der Waals surface area contributed by atoms with Crippen LogP contribution >= 0.6 is 0 Å². The van der Waals surface area contributed by atoms with Gasteiger partial charge in [-0.15, -0.1) is 0 Å². The maximum atomic E-state index is 13.0. The number of anilines is 1. The van der Waals surface area contributed by atoms with Crippen molar-refractivity contribution in [2.45, 2.75) is 39.2 Å². The van der Waals surface area contributed by atoms with Crippen molar-refractivity contribution in [3.05, 3.63) is 57.5 Å². The van der Waals surface area contributed by atoms with Crippen LogP contribution < -0.4 is 10.5 Å². The Bertz CT molecular complexity index is 988. The fraction of sp³-hybridized carbons (Fsp3) is 0.455. The molecule has 1 atom stereocenters. The molecule has 0 bridgehead atoms. The van der Waals surface area contributed by atoms with Gasteiger partial charge in [-0.3, -0.25) is 14.4 Å². The number of aromatic nitrogens is 2. The maximum Gasteiger partial charge on any atom is 0.267 e. The van der Waals surface area contributed by atoms with Crippen molar-refractivity contribution in [2.24, 2.45) is 0 Å². The number of ketones is 1. The molecule has 2 aromatic rings. The van der Waals surface area contributed by atoms with E-state index in [0.717, 1.165) is 36.2 Å². The first kappa shape index (κ1) is 19.4. The van der Waals surface area contributed by atoms with Crippen LogP contribution in [0.5, 0.6) is 0 Å². The van der Waals surface area contributed by atoms with Crippen LogP contribution in [0.1, 0.15) is 47.9 Å². The van der Waals surface area contributed by atoms with E-state index < -0.39 is 6.04 Å². The van der Waals surface area contributed by atoms with Crippen LogP contribution in [-0.4, -0.2) is 52.5 Å². The van der Waals surface area contributed by atoms with E-state index in [1.165, 1.54) is 4.68 Å². The van der Waals surface area contributed by atoms with E-state index in [-0.39, 0.29) is 17.2 Å². The quantitative estimate of drug-likeness (QED) is 0.740. The minimum absolute atomic E-state index is 0.0522. The third-order valence-electron chi connectivity index (χ3n) is 5.94. The van der Waals surface area contributed by atoms with Gasteiger partial charge in [0.25, 0.3) is 5.56 Å². The van der Waals surface area contributed by atoms with Gasteiger partial charge in [-0.2, -0.15) is 5.10 Å². The SMILES string of the molecule is CC(=O)c1ccc(N2CCN(C(=O)[C@H](C)n3nc4c(cc3=O)CCC4)CC2)cc1. The molecule has 4 rings (SSSR count). The molecule has 1 aromatic carbocycles. The highest BCUT2D eigenvalue weighted by Crippen LogP contribution is 2.20. The topological polar surface area (TPSA) is 75.5 Å². The molecule has 2 heterocycles. The number of carbonyl (C=O) groups is 2. The van der Waals surface area contributed by atoms with E-state index in [9.17, 15) is 14.4 Å². The number of piperazine rings is 1. The molecule has 0 unspecified atom stereocenters. The van der Waals surface area contributed by atoms with Gasteiger partial charge in [0.05, 0.1) is 5.69 Å². The van der Waals surface area contributed by atoms with Crippen LogP contribution in [-0.2, 0) is 17.6 Å². The van der Waals surface area contributed by atoms with Crippen LogP contribution in [0.15, 0.2) is 35.1 Å². The highest BCUT2D eigenvalue weighted by molar-refractivity contribution is 5.94. The number of aryl methyl sites for hydroxylation is 2. The van der Waals surface area contributed by atoms with E-state index in [1.807, 2.05) is 29.2 Å². The molecule has 0 radical (unpaired) electrons. The summed E-state index contributed by atoms with van der Waals surface area (Å²) in [6.45, 7) is 5.93. The Hall–Kier alpha value is -2.96. The zero-order valence-electron chi connectivity index (χ0n) is 16.9. The minimum Gasteiger partial charge on any atom is -0.368 e. The molecule has 2 aliphatic rings. The number of carbonyl (C=O) groups excluding carboxylic acids is 2. The predicted molar refractivity (Wildman–Crippen MR) is 110 cm³/mol. The lowest BCUT2D eigenvalue weighted by Crippen LogP contribution is -2.51. The van der Waals surface area contributed by atoms with Crippen molar-refractivity contribution in [1.82, 2.24) is 14.7 Å². The monoisotopic (exact) mass is 394 g/mol. The first-order chi connectivity index (χ1) is 13.9. The zero-order chi connectivity index (χ0) is 20.5. The van der Waals surface area contributed by atoms with E-state index in [0.29, 0.717) is 31.7 Å². The van der Waals surface area contributed by atoms with Crippen molar-refractivity contribution < 1.29 is 9.59 Å². The number of amides is 1. The maximum absolute atomic E-state index is 13.0. The normalized spacial score (nSPS) is 17.2. The highest BCUT2D eigenvalue weighted by Gasteiger charge is 2.28.